The van der Waals surface area contributed by atoms with E-state index < -0.39 is 0 Å². The maximum Gasteiger partial charge on any atom is 0.142 e. The summed E-state index contributed by atoms with van der Waals surface area (Å²) >= 11 is 0. The van der Waals surface area contributed by atoms with E-state index in [9.17, 15) is 4.79 Å². The molecule has 5 rings (SSSR count). The Balaban J connectivity index is 1.50. The van der Waals surface area contributed by atoms with Crippen molar-refractivity contribution in [2.24, 2.45) is 7.05 Å². The number of carbonyl (C=O) groups is 1. The molecule has 0 fully saturated rings. The highest BCUT2D eigenvalue weighted by molar-refractivity contribution is 5.81. The second kappa shape index (κ2) is 10.4. The normalized spacial score (nSPS) is 16.7. The van der Waals surface area contributed by atoms with Gasteiger partial charge in [0.25, 0.3) is 0 Å². The first-order chi connectivity index (χ1) is 17.8. The summed E-state index contributed by atoms with van der Waals surface area (Å²) in [6.45, 7) is 10.5. The lowest BCUT2D eigenvalue weighted by molar-refractivity contribution is -0.117. The zero-order chi connectivity index (χ0) is 26.1. The second-order valence-electron chi connectivity index (χ2n) is 10.3. The first-order valence-corrected chi connectivity index (χ1v) is 13.0. The molecule has 0 saturated heterocycles. The van der Waals surface area contributed by atoms with Crippen molar-refractivity contribution in [2.45, 2.75) is 65.6 Å². The van der Waals surface area contributed by atoms with Gasteiger partial charge in [-0.05, 0) is 73.2 Å². The van der Waals surface area contributed by atoms with Gasteiger partial charge in [0.1, 0.15) is 23.2 Å². The van der Waals surface area contributed by atoms with Crippen LogP contribution in [-0.2, 0) is 24.9 Å². The number of ketones is 1. The number of fused-ring (bicyclic) bond motifs is 2. The van der Waals surface area contributed by atoms with E-state index in [0.29, 0.717) is 6.42 Å². The molecule has 2 atom stereocenters. The third-order valence-corrected chi connectivity index (χ3v) is 7.55. The summed E-state index contributed by atoms with van der Waals surface area (Å²) in [4.78, 5) is 19.4. The topological polar surface area (TPSA) is 73.1 Å². The summed E-state index contributed by atoms with van der Waals surface area (Å²) in [5.41, 5.74) is 8.73. The molecule has 192 valence electrons. The molecular weight excluding hydrogens is 462 g/mol. The Morgan fingerprint density at radius 1 is 1.19 bits per heavy atom. The predicted octanol–water partition coefficient (Wildman–Crippen LogP) is 5.26. The quantitative estimate of drug-likeness (QED) is 0.347. The number of benzene rings is 2. The number of Topliss-reactive ketones (excluding diaryl/α,β-unsaturated/α-hetero) is 1. The van der Waals surface area contributed by atoms with Gasteiger partial charge in [0.2, 0.25) is 0 Å². The molecule has 0 N–H and O–H groups in total. The fourth-order valence-electron chi connectivity index (χ4n) is 5.40. The van der Waals surface area contributed by atoms with E-state index in [1.807, 2.05) is 25.4 Å². The largest absolute Gasteiger partial charge is 0.487 e. The molecule has 4 aromatic rings. The van der Waals surface area contributed by atoms with Crippen LogP contribution in [0.15, 0.2) is 48.7 Å². The number of aryl methyl sites for hydroxylation is 3. The Morgan fingerprint density at radius 3 is 2.81 bits per heavy atom. The van der Waals surface area contributed by atoms with Crippen LogP contribution >= 0.6 is 0 Å². The monoisotopic (exact) mass is 497 g/mol. The van der Waals surface area contributed by atoms with Crippen molar-refractivity contribution in [3.63, 3.8) is 0 Å². The van der Waals surface area contributed by atoms with Crippen LogP contribution in [0.4, 0.5) is 0 Å². The van der Waals surface area contributed by atoms with Gasteiger partial charge in [-0.1, -0.05) is 36.4 Å². The number of nitrogens with zero attached hydrogens (tertiary/aromatic N) is 5. The molecule has 0 aliphatic carbocycles. The van der Waals surface area contributed by atoms with Crippen molar-refractivity contribution < 1.29 is 9.53 Å². The molecule has 7 nitrogen and oxygen atoms in total. The Hall–Kier alpha value is -3.58. The van der Waals surface area contributed by atoms with E-state index in [4.69, 9.17) is 4.74 Å². The molecular formula is C30H35N5O2. The Kier molecular flexibility index (Phi) is 7.07. The van der Waals surface area contributed by atoms with Crippen LogP contribution in [0.2, 0.25) is 0 Å². The van der Waals surface area contributed by atoms with Gasteiger partial charge >= 0.3 is 0 Å². The minimum atomic E-state index is -0.0403. The molecule has 1 aliphatic rings. The summed E-state index contributed by atoms with van der Waals surface area (Å²) in [5, 5.41) is 8.59. The molecule has 0 radical (unpaired) electrons. The molecule has 2 aromatic carbocycles. The van der Waals surface area contributed by atoms with Gasteiger partial charge in [0.05, 0.1) is 11.2 Å². The lowest BCUT2D eigenvalue weighted by atomic mass is 9.83. The number of pyridine rings is 1. The number of rotatable bonds is 7. The van der Waals surface area contributed by atoms with Crippen LogP contribution in [0.1, 0.15) is 66.1 Å². The standard InChI is InChI=1S/C30H35N5O2/c1-6-24-17-35(18-27-29(37-24)8-7-13-31-27)16-23-15-22(10-9-19(23)2)26(14-20(3)36)25-11-12-28-30(21(25)4)32-33-34(28)5/h7-13,15,24,26H,6,14,16-18H2,1-5H3/t24-,26?/m1/s1. The van der Waals surface area contributed by atoms with Crippen LogP contribution in [0, 0.1) is 13.8 Å². The average Bonchev–Trinajstić information content (AvgIpc) is 3.16. The number of carbonyl (C=O) groups excluding carboxylic acids is 1. The highest BCUT2D eigenvalue weighted by Gasteiger charge is 2.25. The fraction of sp³-hybridized carbons (Fsp3) is 0.400. The average molecular weight is 498 g/mol. The van der Waals surface area contributed by atoms with Crippen LogP contribution in [0.5, 0.6) is 5.75 Å². The summed E-state index contributed by atoms with van der Waals surface area (Å²) in [6.07, 6.45) is 3.35. The second-order valence-corrected chi connectivity index (χ2v) is 10.3. The van der Waals surface area contributed by atoms with Gasteiger partial charge in [-0.2, -0.15) is 0 Å². The highest BCUT2D eigenvalue weighted by atomic mass is 16.5. The molecule has 3 heterocycles. The van der Waals surface area contributed by atoms with E-state index in [0.717, 1.165) is 65.2 Å². The van der Waals surface area contributed by atoms with Crippen LogP contribution in [0.25, 0.3) is 11.0 Å². The Bertz CT molecular complexity index is 1440. The molecule has 0 amide bonds. The van der Waals surface area contributed by atoms with Crippen molar-refractivity contribution >= 4 is 16.8 Å². The van der Waals surface area contributed by atoms with E-state index in [1.165, 1.54) is 11.1 Å². The van der Waals surface area contributed by atoms with Crippen molar-refractivity contribution in [1.82, 2.24) is 24.9 Å². The molecule has 0 saturated carbocycles. The maximum atomic E-state index is 12.4. The third kappa shape index (κ3) is 5.14. The summed E-state index contributed by atoms with van der Waals surface area (Å²) in [7, 11) is 1.90. The van der Waals surface area contributed by atoms with Crippen molar-refractivity contribution in [2.75, 3.05) is 6.54 Å². The van der Waals surface area contributed by atoms with E-state index >= 15 is 0 Å². The first kappa shape index (κ1) is 25.1. The zero-order valence-corrected chi connectivity index (χ0v) is 22.4. The smallest absolute Gasteiger partial charge is 0.142 e. The summed E-state index contributed by atoms with van der Waals surface area (Å²) in [5.74, 6) is 1.02. The lowest BCUT2D eigenvalue weighted by Gasteiger charge is -2.25. The minimum absolute atomic E-state index is 0.0403. The number of ether oxygens (including phenoxy) is 1. The van der Waals surface area contributed by atoms with Crippen molar-refractivity contribution in [1.29, 1.82) is 0 Å². The molecule has 0 spiro atoms. The maximum absolute atomic E-state index is 12.4. The van der Waals surface area contributed by atoms with E-state index in [2.05, 4.69) is 71.3 Å². The SMILES string of the molecule is CC[C@@H]1CN(Cc2cc(C(CC(C)=O)c3ccc4c(nnn4C)c3C)ccc2C)Cc2ncccc2O1. The molecule has 7 heteroatoms. The molecule has 1 unspecified atom stereocenters. The van der Waals surface area contributed by atoms with Gasteiger partial charge < -0.3 is 4.74 Å². The predicted molar refractivity (Wildman–Crippen MR) is 145 cm³/mol. The lowest BCUT2D eigenvalue weighted by Crippen LogP contribution is -2.32. The van der Waals surface area contributed by atoms with Crippen LogP contribution in [-0.4, -0.2) is 43.3 Å². The summed E-state index contributed by atoms with van der Waals surface area (Å²) in [6, 6.07) is 14.8. The third-order valence-electron chi connectivity index (χ3n) is 7.55. The van der Waals surface area contributed by atoms with Gasteiger partial charge in [-0.25, -0.2) is 4.68 Å². The molecule has 37 heavy (non-hydrogen) atoms. The highest BCUT2D eigenvalue weighted by Crippen LogP contribution is 2.35. The molecule has 0 bridgehead atoms. The van der Waals surface area contributed by atoms with Gasteiger partial charge in [0, 0.05) is 45.2 Å². The van der Waals surface area contributed by atoms with E-state index in [1.54, 1.807) is 11.6 Å². The van der Waals surface area contributed by atoms with Crippen molar-refractivity contribution in [3.8, 4) is 5.75 Å². The van der Waals surface area contributed by atoms with Crippen LogP contribution in [0.3, 0.4) is 0 Å². The summed E-state index contributed by atoms with van der Waals surface area (Å²) < 4.78 is 8.05. The Morgan fingerprint density at radius 2 is 2.03 bits per heavy atom. The Labute approximate surface area is 218 Å². The number of aromatic nitrogens is 4. The van der Waals surface area contributed by atoms with Crippen molar-refractivity contribution in [3.05, 3.63) is 82.2 Å². The first-order valence-electron chi connectivity index (χ1n) is 13.0. The van der Waals surface area contributed by atoms with E-state index in [-0.39, 0.29) is 17.8 Å². The molecule has 1 aliphatic heterocycles. The fourth-order valence-corrected chi connectivity index (χ4v) is 5.40. The number of hydrogen-bond donors (Lipinski definition) is 0. The van der Waals surface area contributed by atoms with Gasteiger partial charge in [-0.15, -0.1) is 5.10 Å². The van der Waals surface area contributed by atoms with Gasteiger partial charge in [-0.3, -0.25) is 14.7 Å². The number of hydrogen-bond acceptors (Lipinski definition) is 6. The zero-order valence-electron chi connectivity index (χ0n) is 22.4. The minimum Gasteiger partial charge on any atom is -0.487 e. The molecule has 2 aromatic heterocycles. The van der Waals surface area contributed by atoms with Gasteiger partial charge in [0.15, 0.2) is 0 Å². The van der Waals surface area contributed by atoms with Crippen LogP contribution < -0.4 is 4.74 Å².